The summed E-state index contributed by atoms with van der Waals surface area (Å²) in [6, 6.07) is 14.2. The van der Waals surface area contributed by atoms with Gasteiger partial charge in [-0.3, -0.25) is 9.69 Å². The summed E-state index contributed by atoms with van der Waals surface area (Å²) in [5.41, 5.74) is 0.675. The van der Waals surface area contributed by atoms with Gasteiger partial charge in [-0.25, -0.2) is 17.2 Å². The van der Waals surface area contributed by atoms with Gasteiger partial charge in [-0.15, -0.1) is 0 Å². The Kier molecular flexibility index (Phi) is 9.93. The molecular formula is C30H27Cl3F2N4O4S. The van der Waals surface area contributed by atoms with Crippen LogP contribution in [-0.2, 0) is 16.6 Å². The first-order chi connectivity index (χ1) is 21.0. The van der Waals surface area contributed by atoms with Crippen LogP contribution in [-0.4, -0.2) is 72.9 Å². The van der Waals surface area contributed by atoms with E-state index in [1.807, 2.05) is 4.90 Å². The van der Waals surface area contributed by atoms with Gasteiger partial charge in [-0.05, 0) is 55.0 Å². The molecule has 0 radical (unpaired) electrons. The average Bonchev–Trinajstić information content (AvgIpc) is 3.37. The summed E-state index contributed by atoms with van der Waals surface area (Å²) in [6.07, 6.45) is 0. The number of rotatable bonds is 9. The summed E-state index contributed by atoms with van der Waals surface area (Å²) in [4.78, 5) is 17.6. The van der Waals surface area contributed by atoms with Crippen LogP contribution >= 0.6 is 34.8 Å². The van der Waals surface area contributed by atoms with Crippen molar-refractivity contribution in [3.8, 4) is 11.3 Å². The quantitative estimate of drug-likeness (QED) is 0.199. The van der Waals surface area contributed by atoms with Gasteiger partial charge in [-0.1, -0.05) is 58.2 Å². The molecule has 3 aromatic carbocycles. The Labute approximate surface area is 268 Å². The number of carbonyl (C=O) groups excluding carboxylic acids is 1. The topological polar surface area (TPSA) is 87.0 Å². The van der Waals surface area contributed by atoms with Gasteiger partial charge >= 0.3 is 0 Å². The molecular weight excluding hydrogens is 657 g/mol. The molecule has 1 amide bonds. The first-order valence-corrected chi connectivity index (χ1v) is 16.1. The maximum atomic E-state index is 14.8. The molecule has 0 saturated carbocycles. The summed E-state index contributed by atoms with van der Waals surface area (Å²) in [7, 11) is -3.86. The highest BCUT2D eigenvalue weighted by Crippen LogP contribution is 2.34. The van der Waals surface area contributed by atoms with Crippen molar-refractivity contribution in [2.75, 3.05) is 39.3 Å². The second-order valence-corrected chi connectivity index (χ2v) is 13.4. The fraction of sp³-hybridized carbons (Fsp3) is 0.267. The van der Waals surface area contributed by atoms with E-state index in [0.29, 0.717) is 25.2 Å². The molecule has 5 rings (SSSR count). The Morgan fingerprint density at radius 3 is 2.36 bits per heavy atom. The Bertz CT molecular complexity index is 1760. The fourth-order valence-corrected chi connectivity index (χ4v) is 7.42. The minimum absolute atomic E-state index is 0.0156. The van der Waals surface area contributed by atoms with Crippen LogP contribution in [0.1, 0.15) is 21.7 Å². The van der Waals surface area contributed by atoms with E-state index in [0.717, 1.165) is 0 Å². The van der Waals surface area contributed by atoms with Crippen molar-refractivity contribution < 1.29 is 26.5 Å². The lowest BCUT2D eigenvalue weighted by molar-refractivity contribution is 0.0709. The number of benzene rings is 3. The van der Waals surface area contributed by atoms with Crippen molar-refractivity contribution in [2.45, 2.75) is 18.4 Å². The van der Waals surface area contributed by atoms with Gasteiger partial charge in [0.05, 0.1) is 15.6 Å². The Hall–Kier alpha value is -3.06. The third-order valence-corrected chi connectivity index (χ3v) is 10.3. The Morgan fingerprint density at radius 1 is 0.977 bits per heavy atom. The highest BCUT2D eigenvalue weighted by Gasteiger charge is 2.32. The zero-order chi connectivity index (χ0) is 31.6. The number of amides is 1. The van der Waals surface area contributed by atoms with Gasteiger partial charge in [0, 0.05) is 50.8 Å². The summed E-state index contributed by atoms with van der Waals surface area (Å²) >= 11 is 18.5. The van der Waals surface area contributed by atoms with Crippen molar-refractivity contribution in [3.63, 3.8) is 0 Å². The first kappa shape index (κ1) is 32.3. The lowest BCUT2D eigenvalue weighted by Crippen LogP contribution is -2.50. The van der Waals surface area contributed by atoms with Gasteiger partial charge < -0.3 is 9.42 Å². The molecule has 1 saturated heterocycles. The molecule has 1 aromatic heterocycles. The second-order valence-electron chi connectivity index (χ2n) is 10.2. The van der Waals surface area contributed by atoms with Gasteiger partial charge in [0.1, 0.15) is 33.5 Å². The summed E-state index contributed by atoms with van der Waals surface area (Å²) in [6.45, 7) is 3.51. The van der Waals surface area contributed by atoms with Gasteiger partial charge in [0.15, 0.2) is 0 Å². The molecule has 0 atom stereocenters. The predicted octanol–water partition coefficient (Wildman–Crippen LogP) is 6.54. The van der Waals surface area contributed by atoms with Gasteiger partial charge in [-0.2, -0.15) is 4.31 Å². The smallest absolute Gasteiger partial charge is 0.260 e. The van der Waals surface area contributed by atoms with E-state index in [9.17, 15) is 22.0 Å². The fourth-order valence-electron chi connectivity index (χ4n) is 5.01. The van der Waals surface area contributed by atoms with E-state index < -0.39 is 27.6 Å². The van der Waals surface area contributed by atoms with Crippen LogP contribution in [0, 0.1) is 18.6 Å². The number of aromatic nitrogens is 1. The number of aryl methyl sites for hydroxylation is 1. The van der Waals surface area contributed by atoms with Gasteiger partial charge in [0.25, 0.3) is 5.91 Å². The molecule has 2 heterocycles. The number of halogens is 5. The monoisotopic (exact) mass is 682 g/mol. The Balaban J connectivity index is 1.34. The van der Waals surface area contributed by atoms with Crippen molar-refractivity contribution in [1.82, 2.24) is 19.3 Å². The Morgan fingerprint density at radius 2 is 1.68 bits per heavy atom. The first-order valence-electron chi connectivity index (χ1n) is 13.6. The van der Waals surface area contributed by atoms with E-state index in [4.69, 9.17) is 39.3 Å². The van der Waals surface area contributed by atoms with Crippen molar-refractivity contribution in [1.29, 1.82) is 0 Å². The minimum Gasteiger partial charge on any atom is -0.360 e. The number of nitrogens with zero attached hydrogens (tertiary/aromatic N) is 4. The van der Waals surface area contributed by atoms with Crippen molar-refractivity contribution in [3.05, 3.63) is 104 Å². The van der Waals surface area contributed by atoms with Crippen LogP contribution < -0.4 is 0 Å². The molecule has 1 fully saturated rings. The van der Waals surface area contributed by atoms with Crippen molar-refractivity contribution >= 4 is 50.7 Å². The molecule has 0 spiro atoms. The van der Waals surface area contributed by atoms with E-state index in [-0.39, 0.29) is 68.7 Å². The maximum absolute atomic E-state index is 14.8. The van der Waals surface area contributed by atoms with Crippen LogP contribution in [0.15, 0.2) is 70.1 Å². The highest BCUT2D eigenvalue weighted by atomic mass is 35.5. The third-order valence-electron chi connectivity index (χ3n) is 7.38. The molecule has 0 N–H and O–H groups in total. The second kappa shape index (κ2) is 13.5. The maximum Gasteiger partial charge on any atom is 0.260 e. The number of hydrogen-bond acceptors (Lipinski definition) is 6. The highest BCUT2D eigenvalue weighted by molar-refractivity contribution is 7.89. The molecule has 0 unspecified atom stereocenters. The van der Waals surface area contributed by atoms with Gasteiger partial charge in [0.2, 0.25) is 10.0 Å². The molecule has 14 heteroatoms. The van der Waals surface area contributed by atoms with Crippen LogP contribution in [0.5, 0.6) is 0 Å². The summed E-state index contributed by atoms with van der Waals surface area (Å²) < 4.78 is 61.6. The molecule has 1 aliphatic rings. The number of carbonyl (C=O) groups is 1. The number of piperazine rings is 1. The lowest BCUT2D eigenvalue weighted by atomic mass is 10.0. The molecule has 8 nitrogen and oxygen atoms in total. The van der Waals surface area contributed by atoms with Crippen LogP contribution in [0.2, 0.25) is 15.1 Å². The molecule has 4 aromatic rings. The van der Waals surface area contributed by atoms with Crippen LogP contribution in [0.4, 0.5) is 8.78 Å². The summed E-state index contributed by atoms with van der Waals surface area (Å²) in [5.74, 6) is -1.35. The normalized spacial score (nSPS) is 14.6. The SMILES string of the molecule is Cc1onc(-c2c(F)cccc2Cl)c1C(=O)N(CCN1CCN(S(=O)(=O)c2cc(Cl)ccc2Cl)CC1)Cc1ccc(F)cc1. The zero-order valence-electron chi connectivity index (χ0n) is 23.4. The largest absolute Gasteiger partial charge is 0.360 e. The minimum atomic E-state index is -3.86. The molecule has 44 heavy (non-hydrogen) atoms. The molecule has 1 aliphatic heterocycles. The predicted molar refractivity (Wildman–Crippen MR) is 164 cm³/mol. The van der Waals surface area contributed by atoms with E-state index in [1.165, 1.54) is 52.8 Å². The third kappa shape index (κ3) is 6.93. The number of sulfonamides is 1. The van der Waals surface area contributed by atoms with E-state index in [2.05, 4.69) is 5.16 Å². The number of hydrogen-bond donors (Lipinski definition) is 0. The summed E-state index contributed by atoms with van der Waals surface area (Å²) in [5, 5.41) is 4.39. The average molecular weight is 684 g/mol. The van der Waals surface area contributed by atoms with E-state index in [1.54, 1.807) is 24.0 Å². The lowest BCUT2D eigenvalue weighted by Gasteiger charge is -2.35. The molecule has 0 bridgehead atoms. The van der Waals surface area contributed by atoms with Crippen LogP contribution in [0.25, 0.3) is 11.3 Å². The molecule has 232 valence electrons. The van der Waals surface area contributed by atoms with Crippen LogP contribution in [0.3, 0.4) is 0 Å². The standard InChI is InChI=1S/C30H27Cl3F2N4O4S/c1-19-27(29(36-43-19)28-24(33)3-2-4-25(28)35)30(40)38(18-20-5-8-22(34)9-6-20)14-11-37-12-15-39(16-13-37)44(41,42)26-17-21(31)7-10-23(26)32/h2-10,17H,11-16,18H2,1H3. The molecule has 0 aliphatic carbocycles. The zero-order valence-corrected chi connectivity index (χ0v) is 26.5. The van der Waals surface area contributed by atoms with E-state index >= 15 is 0 Å². The van der Waals surface area contributed by atoms with Crippen molar-refractivity contribution in [2.24, 2.45) is 0 Å².